The third-order valence-corrected chi connectivity index (χ3v) is 2.42. The van der Waals surface area contributed by atoms with E-state index in [0.717, 1.165) is 17.7 Å². The third-order valence-electron chi connectivity index (χ3n) is 2.42. The Balaban J connectivity index is 2.42. The summed E-state index contributed by atoms with van der Waals surface area (Å²) in [5.41, 5.74) is 1.81. The monoisotopic (exact) mass is 191 g/mol. The first-order valence-electron chi connectivity index (χ1n) is 5.38. The van der Waals surface area contributed by atoms with Crippen molar-refractivity contribution in [3.63, 3.8) is 0 Å². The van der Waals surface area contributed by atoms with Crippen molar-refractivity contribution in [1.29, 1.82) is 0 Å². The molecule has 1 heterocycles. The van der Waals surface area contributed by atoms with Crippen LogP contribution in [-0.4, -0.2) is 19.1 Å². The summed E-state index contributed by atoms with van der Waals surface area (Å²) in [5.74, 6) is 0. The smallest absolute Gasteiger partial charge is 0.322 e. The van der Waals surface area contributed by atoms with E-state index in [2.05, 4.69) is 5.32 Å². The number of rotatable bonds is 2. The number of amides is 2. The first kappa shape index (κ1) is 7.85. The molecule has 0 bridgehead atoms. The maximum atomic E-state index is 11.5. The van der Waals surface area contributed by atoms with Crippen molar-refractivity contribution < 1.29 is 6.17 Å². The molecule has 2 rings (SSSR count). The SMILES string of the molecule is [2H]c1cccc(N2CCNC2=O)c1CC. The maximum Gasteiger partial charge on any atom is 0.322 e. The van der Waals surface area contributed by atoms with Crippen LogP contribution in [0, 0.1) is 0 Å². The van der Waals surface area contributed by atoms with Crippen LogP contribution < -0.4 is 10.2 Å². The number of benzene rings is 1. The predicted molar refractivity (Wildman–Crippen MR) is 56.6 cm³/mol. The molecule has 1 saturated heterocycles. The third kappa shape index (κ3) is 1.45. The van der Waals surface area contributed by atoms with E-state index in [-0.39, 0.29) is 6.03 Å². The summed E-state index contributed by atoms with van der Waals surface area (Å²) in [4.78, 5) is 13.2. The van der Waals surface area contributed by atoms with E-state index >= 15 is 0 Å². The minimum atomic E-state index is -0.0599. The number of urea groups is 1. The van der Waals surface area contributed by atoms with E-state index < -0.39 is 0 Å². The molecule has 0 saturated carbocycles. The fourth-order valence-corrected chi connectivity index (χ4v) is 1.70. The van der Waals surface area contributed by atoms with Crippen LogP contribution in [0.5, 0.6) is 0 Å². The molecule has 3 nitrogen and oxygen atoms in total. The van der Waals surface area contributed by atoms with Crippen molar-refractivity contribution in [2.75, 3.05) is 18.0 Å². The van der Waals surface area contributed by atoms with Gasteiger partial charge >= 0.3 is 6.03 Å². The first-order chi connectivity index (χ1) is 7.24. The van der Waals surface area contributed by atoms with Gasteiger partial charge in [-0.15, -0.1) is 0 Å². The van der Waals surface area contributed by atoms with Gasteiger partial charge in [0.05, 0.1) is 1.37 Å². The van der Waals surface area contributed by atoms with Crippen LogP contribution in [0.1, 0.15) is 13.9 Å². The van der Waals surface area contributed by atoms with Gasteiger partial charge < -0.3 is 5.32 Å². The Morgan fingerprint density at radius 1 is 1.64 bits per heavy atom. The Hall–Kier alpha value is -1.51. The highest BCUT2D eigenvalue weighted by atomic mass is 16.2. The van der Waals surface area contributed by atoms with Gasteiger partial charge in [0, 0.05) is 18.8 Å². The number of carbonyl (C=O) groups excluding carboxylic acids is 1. The normalized spacial score (nSPS) is 16.8. The number of hydrogen-bond acceptors (Lipinski definition) is 1. The van der Waals surface area contributed by atoms with Gasteiger partial charge in [-0.2, -0.15) is 0 Å². The summed E-state index contributed by atoms with van der Waals surface area (Å²) in [6.07, 6.45) is 0.777. The quantitative estimate of drug-likeness (QED) is 0.759. The summed E-state index contributed by atoms with van der Waals surface area (Å²) < 4.78 is 7.78. The average Bonchev–Trinajstić information content (AvgIpc) is 2.64. The number of anilines is 1. The van der Waals surface area contributed by atoms with Crippen LogP contribution in [0.15, 0.2) is 24.2 Å². The summed E-state index contributed by atoms with van der Waals surface area (Å²) in [7, 11) is 0. The van der Waals surface area contributed by atoms with E-state index in [1.807, 2.05) is 19.1 Å². The zero-order valence-corrected chi connectivity index (χ0v) is 8.21. The van der Waals surface area contributed by atoms with Crippen molar-refractivity contribution in [2.45, 2.75) is 13.3 Å². The highest BCUT2D eigenvalue weighted by Crippen LogP contribution is 2.21. The molecule has 0 spiro atoms. The topological polar surface area (TPSA) is 32.3 Å². The number of nitrogens with zero attached hydrogens (tertiary/aromatic N) is 1. The molecular formula is C11H14N2O. The molecule has 0 unspecified atom stereocenters. The van der Waals surface area contributed by atoms with Crippen molar-refractivity contribution in [1.82, 2.24) is 5.32 Å². The van der Waals surface area contributed by atoms with E-state index in [1.165, 1.54) is 0 Å². The molecule has 0 radical (unpaired) electrons. The number of hydrogen-bond donors (Lipinski definition) is 1. The van der Waals surface area contributed by atoms with Crippen molar-refractivity contribution >= 4 is 11.7 Å². The Morgan fingerprint density at radius 3 is 3.14 bits per heavy atom. The summed E-state index contributed by atoms with van der Waals surface area (Å²) >= 11 is 0. The largest absolute Gasteiger partial charge is 0.336 e. The van der Waals surface area contributed by atoms with E-state index in [0.29, 0.717) is 19.1 Å². The molecule has 1 aromatic carbocycles. The summed E-state index contributed by atoms with van der Waals surface area (Å²) in [5, 5.41) is 2.76. The molecule has 1 aliphatic heterocycles. The lowest BCUT2D eigenvalue weighted by atomic mass is 10.1. The first-order valence-corrected chi connectivity index (χ1v) is 4.88. The predicted octanol–water partition coefficient (Wildman–Crippen LogP) is 1.78. The van der Waals surface area contributed by atoms with Crippen molar-refractivity contribution in [3.8, 4) is 0 Å². The Kier molecular flexibility index (Phi) is 2.07. The zero-order chi connectivity index (χ0) is 10.8. The molecule has 14 heavy (non-hydrogen) atoms. The van der Waals surface area contributed by atoms with Gasteiger partial charge in [-0.05, 0) is 18.1 Å². The van der Waals surface area contributed by atoms with Crippen molar-refractivity contribution in [3.05, 3.63) is 29.8 Å². The van der Waals surface area contributed by atoms with Gasteiger partial charge in [-0.25, -0.2) is 4.79 Å². The van der Waals surface area contributed by atoms with Gasteiger partial charge in [-0.3, -0.25) is 4.90 Å². The second-order valence-electron chi connectivity index (χ2n) is 3.27. The zero-order valence-electron chi connectivity index (χ0n) is 9.21. The molecule has 74 valence electrons. The van der Waals surface area contributed by atoms with Crippen molar-refractivity contribution in [2.24, 2.45) is 0 Å². The van der Waals surface area contributed by atoms with Crippen LogP contribution in [0.4, 0.5) is 10.5 Å². The fraction of sp³-hybridized carbons (Fsp3) is 0.364. The molecule has 1 N–H and O–H groups in total. The lowest BCUT2D eigenvalue weighted by Crippen LogP contribution is -2.28. The molecule has 0 aliphatic carbocycles. The lowest BCUT2D eigenvalue weighted by molar-refractivity contribution is 0.252. The average molecular weight is 191 g/mol. The molecule has 1 aromatic rings. The van der Waals surface area contributed by atoms with Gasteiger partial charge in [0.25, 0.3) is 0 Å². The maximum absolute atomic E-state index is 11.5. The summed E-state index contributed by atoms with van der Waals surface area (Å²) in [6, 6.07) is 5.94. The Morgan fingerprint density at radius 2 is 2.50 bits per heavy atom. The van der Waals surface area contributed by atoms with Gasteiger partial charge in [0.1, 0.15) is 0 Å². The second kappa shape index (κ2) is 3.70. The van der Waals surface area contributed by atoms with Crippen LogP contribution in [-0.2, 0) is 6.42 Å². The van der Waals surface area contributed by atoms with E-state index in [9.17, 15) is 4.79 Å². The van der Waals surface area contributed by atoms with Gasteiger partial charge in [-0.1, -0.05) is 25.1 Å². The lowest BCUT2D eigenvalue weighted by Gasteiger charge is -2.17. The molecule has 1 aliphatic rings. The Bertz CT molecular complexity index is 392. The number of para-hydroxylation sites is 1. The van der Waals surface area contributed by atoms with E-state index in [1.54, 1.807) is 11.0 Å². The highest BCUT2D eigenvalue weighted by molar-refractivity contribution is 5.94. The standard InChI is InChI=1S/C11H14N2O/c1-2-9-5-3-4-6-10(9)13-8-7-12-11(13)14/h3-6H,2,7-8H2,1H3,(H,12,14)/i5D. The minimum absolute atomic E-state index is 0.0599. The van der Waals surface area contributed by atoms with Crippen LogP contribution in [0.3, 0.4) is 0 Å². The summed E-state index contributed by atoms with van der Waals surface area (Å²) in [6.45, 7) is 3.38. The molecular weight excluding hydrogens is 176 g/mol. The highest BCUT2D eigenvalue weighted by Gasteiger charge is 2.22. The Labute approximate surface area is 85.1 Å². The van der Waals surface area contributed by atoms with E-state index in [4.69, 9.17) is 1.37 Å². The van der Waals surface area contributed by atoms with Crippen LogP contribution in [0.25, 0.3) is 0 Å². The minimum Gasteiger partial charge on any atom is -0.336 e. The molecule has 1 fully saturated rings. The molecule has 0 atom stereocenters. The number of nitrogens with one attached hydrogen (secondary N) is 1. The van der Waals surface area contributed by atoms with Crippen LogP contribution in [0.2, 0.25) is 0 Å². The molecule has 2 amide bonds. The fourth-order valence-electron chi connectivity index (χ4n) is 1.70. The van der Waals surface area contributed by atoms with Gasteiger partial charge in [0.2, 0.25) is 0 Å². The van der Waals surface area contributed by atoms with Crippen LogP contribution >= 0.6 is 0 Å². The molecule has 3 heteroatoms. The second-order valence-corrected chi connectivity index (χ2v) is 3.27. The number of carbonyl (C=O) groups is 1. The molecule has 0 aromatic heterocycles. The van der Waals surface area contributed by atoms with Gasteiger partial charge in [0.15, 0.2) is 0 Å².